The zero-order valence-corrected chi connectivity index (χ0v) is 12.7. The Hall–Kier alpha value is -0.680. The van der Waals surface area contributed by atoms with Crippen molar-refractivity contribution >= 4 is 21.7 Å². The van der Waals surface area contributed by atoms with Crippen molar-refractivity contribution < 1.29 is 9.13 Å². The van der Waals surface area contributed by atoms with Crippen molar-refractivity contribution in [1.29, 1.82) is 0 Å². The smallest absolute Gasteiger partial charge is 0.166 e. The third-order valence-electron chi connectivity index (χ3n) is 2.78. The highest BCUT2D eigenvalue weighted by Crippen LogP contribution is 2.32. The minimum Gasteiger partial charge on any atom is -0.366 e. The van der Waals surface area contributed by atoms with E-state index >= 15 is 0 Å². The molecule has 0 spiro atoms. The lowest BCUT2D eigenvalue weighted by atomic mass is 9.99. The molecule has 0 radical (unpaired) electrons. The fourth-order valence-corrected chi connectivity index (χ4v) is 2.88. The van der Waals surface area contributed by atoms with Gasteiger partial charge in [-0.3, -0.25) is 0 Å². The second-order valence-electron chi connectivity index (χ2n) is 5.94. The highest BCUT2D eigenvalue weighted by molar-refractivity contribution is 9.10. The number of morpholine rings is 1. The highest BCUT2D eigenvalue weighted by atomic mass is 79.9. The van der Waals surface area contributed by atoms with Crippen LogP contribution in [-0.2, 0) is 4.74 Å². The van der Waals surface area contributed by atoms with Crippen LogP contribution in [0.1, 0.15) is 27.7 Å². The van der Waals surface area contributed by atoms with E-state index in [1.54, 1.807) is 6.20 Å². The molecule has 1 aromatic heterocycles. The first-order valence-electron chi connectivity index (χ1n) is 5.95. The van der Waals surface area contributed by atoms with Gasteiger partial charge in [0.05, 0.1) is 11.2 Å². The van der Waals surface area contributed by atoms with E-state index in [-0.39, 0.29) is 17.0 Å². The molecule has 0 unspecified atom stereocenters. The largest absolute Gasteiger partial charge is 0.366 e. The van der Waals surface area contributed by atoms with Gasteiger partial charge in [0.2, 0.25) is 0 Å². The van der Waals surface area contributed by atoms with Crippen molar-refractivity contribution in [2.75, 3.05) is 18.0 Å². The Morgan fingerprint density at radius 2 is 1.83 bits per heavy atom. The average Bonchev–Trinajstić information content (AvgIpc) is 2.11. The Morgan fingerprint density at radius 3 is 2.33 bits per heavy atom. The molecule has 0 aromatic carbocycles. The van der Waals surface area contributed by atoms with Crippen LogP contribution in [-0.4, -0.2) is 29.3 Å². The van der Waals surface area contributed by atoms with Crippen LogP contribution in [0.4, 0.5) is 10.2 Å². The van der Waals surface area contributed by atoms with Crippen LogP contribution in [0.3, 0.4) is 0 Å². The van der Waals surface area contributed by atoms with Crippen LogP contribution < -0.4 is 4.90 Å². The Bertz CT molecular complexity index is 446. The second kappa shape index (κ2) is 4.46. The Kier molecular flexibility index (Phi) is 3.40. The van der Waals surface area contributed by atoms with Gasteiger partial charge in [-0.1, -0.05) is 0 Å². The first-order valence-corrected chi connectivity index (χ1v) is 6.74. The molecular formula is C13H18BrFN2O. The van der Waals surface area contributed by atoms with E-state index in [0.717, 1.165) is 0 Å². The number of rotatable bonds is 1. The molecule has 1 saturated heterocycles. The van der Waals surface area contributed by atoms with Gasteiger partial charge in [0.1, 0.15) is 0 Å². The van der Waals surface area contributed by atoms with E-state index in [9.17, 15) is 4.39 Å². The molecule has 100 valence electrons. The van der Waals surface area contributed by atoms with Crippen LogP contribution in [0.2, 0.25) is 0 Å². The van der Waals surface area contributed by atoms with Crippen LogP contribution >= 0.6 is 15.9 Å². The van der Waals surface area contributed by atoms with Crippen LogP contribution in [0.15, 0.2) is 16.7 Å². The predicted molar refractivity (Wildman–Crippen MR) is 73.4 cm³/mol. The van der Waals surface area contributed by atoms with E-state index < -0.39 is 0 Å². The molecule has 1 fully saturated rings. The number of halogens is 2. The van der Waals surface area contributed by atoms with Crippen molar-refractivity contribution in [1.82, 2.24) is 4.98 Å². The molecule has 1 aromatic rings. The highest BCUT2D eigenvalue weighted by Gasteiger charge is 2.39. The topological polar surface area (TPSA) is 25.4 Å². The van der Waals surface area contributed by atoms with Gasteiger partial charge >= 0.3 is 0 Å². The molecule has 0 bridgehead atoms. The lowest BCUT2D eigenvalue weighted by Gasteiger charge is -2.47. The number of anilines is 1. The third kappa shape index (κ3) is 3.01. The normalized spacial score (nSPS) is 22.0. The maximum absolute atomic E-state index is 14.0. The van der Waals surface area contributed by atoms with Crippen molar-refractivity contribution in [2.24, 2.45) is 0 Å². The van der Waals surface area contributed by atoms with Gasteiger partial charge in [-0.2, -0.15) is 0 Å². The SMILES string of the molecule is CC1(C)CN(c2ncc(Br)cc2F)CC(C)(C)O1. The minimum atomic E-state index is -0.317. The Morgan fingerprint density at radius 1 is 1.28 bits per heavy atom. The number of pyridine rings is 1. The van der Waals surface area contributed by atoms with Crippen molar-refractivity contribution in [3.63, 3.8) is 0 Å². The van der Waals surface area contributed by atoms with E-state index in [4.69, 9.17) is 4.74 Å². The van der Waals surface area contributed by atoms with Crippen LogP contribution in [0.5, 0.6) is 0 Å². The summed E-state index contributed by atoms with van der Waals surface area (Å²) in [4.78, 5) is 6.13. The van der Waals surface area contributed by atoms with Crippen LogP contribution in [0.25, 0.3) is 0 Å². The Labute approximate surface area is 115 Å². The average molecular weight is 317 g/mol. The zero-order valence-electron chi connectivity index (χ0n) is 11.1. The molecular weight excluding hydrogens is 299 g/mol. The molecule has 5 heteroatoms. The minimum absolute atomic E-state index is 0.308. The molecule has 2 heterocycles. The zero-order chi connectivity index (χ0) is 13.6. The van der Waals surface area contributed by atoms with E-state index in [2.05, 4.69) is 20.9 Å². The molecule has 0 atom stereocenters. The van der Waals surface area contributed by atoms with Gasteiger partial charge in [-0.25, -0.2) is 9.37 Å². The summed E-state index contributed by atoms with van der Waals surface area (Å²) in [5, 5.41) is 0. The number of aromatic nitrogens is 1. The molecule has 0 N–H and O–H groups in total. The summed E-state index contributed by atoms with van der Waals surface area (Å²) in [5.74, 6) is 0.0838. The lowest BCUT2D eigenvalue weighted by molar-refractivity contribution is -0.133. The molecule has 1 aliphatic heterocycles. The summed E-state index contributed by atoms with van der Waals surface area (Å²) in [5.41, 5.74) is -0.633. The summed E-state index contributed by atoms with van der Waals surface area (Å²) < 4.78 is 20.6. The number of ether oxygens (including phenoxy) is 1. The quantitative estimate of drug-likeness (QED) is 0.794. The number of hydrogen-bond donors (Lipinski definition) is 0. The molecule has 0 aliphatic carbocycles. The van der Waals surface area contributed by atoms with Gasteiger partial charge < -0.3 is 9.64 Å². The standard InChI is InChI=1S/C13H18BrFN2O/c1-12(2)7-17(8-13(3,4)18-12)11-10(15)5-9(14)6-16-11/h5-6H,7-8H2,1-4H3. The lowest BCUT2D eigenvalue weighted by Crippen LogP contribution is -2.57. The fraction of sp³-hybridized carbons (Fsp3) is 0.615. The first-order chi connectivity index (χ1) is 8.19. The molecule has 0 amide bonds. The fourth-order valence-electron chi connectivity index (χ4n) is 2.58. The summed E-state index contributed by atoms with van der Waals surface area (Å²) >= 11 is 3.22. The molecule has 18 heavy (non-hydrogen) atoms. The van der Waals surface area contributed by atoms with Gasteiger partial charge in [-0.15, -0.1) is 0 Å². The summed E-state index contributed by atoms with van der Waals surface area (Å²) in [7, 11) is 0. The maximum atomic E-state index is 14.0. The summed E-state index contributed by atoms with van der Waals surface area (Å²) in [6, 6.07) is 1.44. The van der Waals surface area contributed by atoms with Gasteiger partial charge in [0.25, 0.3) is 0 Å². The van der Waals surface area contributed by atoms with Gasteiger partial charge in [0.15, 0.2) is 11.6 Å². The summed E-state index contributed by atoms with van der Waals surface area (Å²) in [6.45, 7) is 9.30. The molecule has 3 nitrogen and oxygen atoms in total. The van der Waals surface area contributed by atoms with Crippen molar-refractivity contribution in [2.45, 2.75) is 38.9 Å². The molecule has 1 aliphatic rings. The van der Waals surface area contributed by atoms with Crippen LogP contribution in [0, 0.1) is 5.82 Å². The third-order valence-corrected chi connectivity index (χ3v) is 3.22. The molecule has 0 saturated carbocycles. The monoisotopic (exact) mass is 316 g/mol. The summed E-state index contributed by atoms with van der Waals surface area (Å²) in [6.07, 6.45) is 1.62. The second-order valence-corrected chi connectivity index (χ2v) is 6.85. The van der Waals surface area contributed by atoms with E-state index in [1.807, 2.05) is 32.6 Å². The first kappa shape index (κ1) is 13.7. The maximum Gasteiger partial charge on any atom is 0.166 e. The number of nitrogens with zero attached hydrogens (tertiary/aromatic N) is 2. The van der Waals surface area contributed by atoms with Gasteiger partial charge in [0, 0.05) is 23.8 Å². The van der Waals surface area contributed by atoms with Gasteiger partial charge in [-0.05, 0) is 49.7 Å². The predicted octanol–water partition coefficient (Wildman–Crippen LogP) is 3.38. The Balaban J connectivity index is 2.32. The number of hydrogen-bond acceptors (Lipinski definition) is 3. The molecule has 2 rings (SSSR count). The van der Waals surface area contributed by atoms with E-state index in [0.29, 0.717) is 23.4 Å². The van der Waals surface area contributed by atoms with Crippen molar-refractivity contribution in [3.05, 3.63) is 22.6 Å². The van der Waals surface area contributed by atoms with Crippen molar-refractivity contribution in [3.8, 4) is 0 Å². The van der Waals surface area contributed by atoms with E-state index in [1.165, 1.54) is 6.07 Å².